The van der Waals surface area contributed by atoms with Gasteiger partial charge in [-0.2, -0.15) is 0 Å². The predicted molar refractivity (Wildman–Crippen MR) is 84.5 cm³/mol. The number of amides is 1. The number of H-pyrrole nitrogens is 1. The summed E-state index contributed by atoms with van der Waals surface area (Å²) >= 11 is 0. The predicted octanol–water partition coefficient (Wildman–Crippen LogP) is 2.61. The minimum absolute atomic E-state index is 0.0326. The van der Waals surface area contributed by atoms with Crippen molar-refractivity contribution in [3.63, 3.8) is 0 Å². The number of aromatic amines is 1. The number of nitrogens with zero attached hydrogens (tertiary/aromatic N) is 4. The van der Waals surface area contributed by atoms with Crippen LogP contribution >= 0.6 is 0 Å². The third-order valence-electron chi connectivity index (χ3n) is 3.73. The van der Waals surface area contributed by atoms with Crippen molar-refractivity contribution in [3.05, 3.63) is 48.2 Å². The molecule has 6 nitrogen and oxygen atoms in total. The van der Waals surface area contributed by atoms with Gasteiger partial charge in [0.2, 0.25) is 0 Å². The summed E-state index contributed by atoms with van der Waals surface area (Å²) in [5.41, 5.74) is 1.62. The summed E-state index contributed by atoms with van der Waals surface area (Å²) in [6, 6.07) is 7.93. The lowest BCUT2D eigenvalue weighted by Crippen LogP contribution is -2.28. The van der Waals surface area contributed by atoms with Gasteiger partial charge in [0, 0.05) is 30.4 Å². The van der Waals surface area contributed by atoms with Crippen molar-refractivity contribution < 1.29 is 4.79 Å². The van der Waals surface area contributed by atoms with Gasteiger partial charge >= 0.3 is 0 Å². The molecule has 0 fully saturated rings. The van der Waals surface area contributed by atoms with Crippen LogP contribution in [0.4, 0.5) is 0 Å². The number of benzene rings is 1. The Labute approximate surface area is 128 Å². The molecule has 1 amide bonds. The first-order valence-electron chi connectivity index (χ1n) is 7.27. The monoisotopic (exact) mass is 297 g/mol. The number of rotatable bonds is 4. The van der Waals surface area contributed by atoms with Crippen LogP contribution in [0.15, 0.2) is 36.8 Å². The zero-order valence-corrected chi connectivity index (χ0v) is 12.9. The summed E-state index contributed by atoms with van der Waals surface area (Å²) in [6.45, 7) is 4.56. The molecule has 0 radical (unpaired) electrons. The van der Waals surface area contributed by atoms with Crippen molar-refractivity contribution in [2.45, 2.75) is 26.4 Å². The van der Waals surface area contributed by atoms with Gasteiger partial charge in [-0.3, -0.25) is 4.79 Å². The maximum atomic E-state index is 12.6. The van der Waals surface area contributed by atoms with E-state index in [9.17, 15) is 4.79 Å². The van der Waals surface area contributed by atoms with Crippen molar-refractivity contribution in [3.8, 4) is 0 Å². The van der Waals surface area contributed by atoms with E-state index in [-0.39, 0.29) is 11.9 Å². The lowest BCUT2D eigenvalue weighted by molar-refractivity contribution is 0.0779. The number of aromatic nitrogens is 4. The minimum atomic E-state index is -0.0326. The van der Waals surface area contributed by atoms with Crippen molar-refractivity contribution in [2.75, 3.05) is 7.05 Å². The zero-order chi connectivity index (χ0) is 15.7. The van der Waals surface area contributed by atoms with Gasteiger partial charge in [0.1, 0.15) is 6.33 Å². The summed E-state index contributed by atoms with van der Waals surface area (Å²) < 4.78 is 1.97. The number of fused-ring (bicyclic) bond motifs is 1. The van der Waals surface area contributed by atoms with Gasteiger partial charge in [0.15, 0.2) is 5.82 Å². The van der Waals surface area contributed by atoms with E-state index >= 15 is 0 Å². The molecule has 0 aliphatic heterocycles. The standard InChI is InChI=1S/C16H19N5O/c1-11(2)21-10-18-19-15(21)9-20(3)16(22)13-5-4-12-6-7-17-14(12)8-13/h4-8,10-11,17H,9H2,1-3H3. The second kappa shape index (κ2) is 5.63. The maximum absolute atomic E-state index is 12.6. The molecule has 1 N–H and O–H groups in total. The first-order chi connectivity index (χ1) is 10.6. The molecule has 0 unspecified atom stereocenters. The summed E-state index contributed by atoms with van der Waals surface area (Å²) in [4.78, 5) is 17.4. The average molecular weight is 297 g/mol. The summed E-state index contributed by atoms with van der Waals surface area (Å²) in [5, 5.41) is 9.14. The Balaban J connectivity index is 1.80. The molecule has 22 heavy (non-hydrogen) atoms. The van der Waals surface area contributed by atoms with Gasteiger partial charge in [0.25, 0.3) is 5.91 Å². The van der Waals surface area contributed by atoms with Gasteiger partial charge in [-0.05, 0) is 37.4 Å². The summed E-state index contributed by atoms with van der Waals surface area (Å²) in [6.07, 6.45) is 3.57. The van der Waals surface area contributed by atoms with E-state index in [1.165, 1.54) is 0 Å². The van der Waals surface area contributed by atoms with Crippen molar-refractivity contribution in [1.29, 1.82) is 0 Å². The van der Waals surface area contributed by atoms with E-state index in [0.29, 0.717) is 12.1 Å². The molecule has 0 aliphatic rings. The highest BCUT2D eigenvalue weighted by Crippen LogP contribution is 2.16. The van der Waals surface area contributed by atoms with Gasteiger partial charge in [0.05, 0.1) is 6.54 Å². The highest BCUT2D eigenvalue weighted by atomic mass is 16.2. The van der Waals surface area contributed by atoms with Crippen molar-refractivity contribution >= 4 is 16.8 Å². The van der Waals surface area contributed by atoms with Crippen LogP contribution in [0.5, 0.6) is 0 Å². The molecule has 1 aromatic carbocycles. The van der Waals surface area contributed by atoms with Crippen LogP contribution in [-0.2, 0) is 6.54 Å². The Morgan fingerprint density at radius 3 is 2.95 bits per heavy atom. The zero-order valence-electron chi connectivity index (χ0n) is 12.9. The maximum Gasteiger partial charge on any atom is 0.254 e. The van der Waals surface area contributed by atoms with Gasteiger partial charge < -0.3 is 14.5 Å². The van der Waals surface area contributed by atoms with E-state index in [4.69, 9.17) is 0 Å². The van der Waals surface area contributed by atoms with Crippen LogP contribution < -0.4 is 0 Å². The summed E-state index contributed by atoms with van der Waals surface area (Å²) in [7, 11) is 1.78. The molecule has 3 aromatic rings. The first-order valence-corrected chi connectivity index (χ1v) is 7.27. The fraction of sp³-hybridized carbons (Fsp3) is 0.312. The lowest BCUT2D eigenvalue weighted by atomic mass is 10.1. The fourth-order valence-electron chi connectivity index (χ4n) is 2.50. The van der Waals surface area contributed by atoms with Crippen molar-refractivity contribution in [1.82, 2.24) is 24.6 Å². The number of hydrogen-bond donors (Lipinski definition) is 1. The SMILES string of the molecule is CC(C)n1cnnc1CN(C)C(=O)c1ccc2cc[nH]c2c1. The smallest absolute Gasteiger partial charge is 0.254 e. The average Bonchev–Trinajstić information content (AvgIpc) is 3.13. The Hall–Kier alpha value is -2.63. The van der Waals surface area contributed by atoms with E-state index < -0.39 is 0 Å². The number of hydrogen-bond acceptors (Lipinski definition) is 3. The van der Waals surface area contributed by atoms with E-state index in [0.717, 1.165) is 16.7 Å². The second-order valence-corrected chi connectivity index (χ2v) is 5.69. The van der Waals surface area contributed by atoms with Gasteiger partial charge in [-0.25, -0.2) is 0 Å². The molecule has 0 atom stereocenters. The Morgan fingerprint density at radius 1 is 1.36 bits per heavy atom. The Kier molecular flexibility index (Phi) is 3.66. The number of carbonyl (C=O) groups excluding carboxylic acids is 1. The van der Waals surface area contributed by atoms with Crippen molar-refractivity contribution in [2.24, 2.45) is 0 Å². The molecule has 3 rings (SSSR count). The third kappa shape index (κ3) is 2.59. The molecule has 0 saturated heterocycles. The molecule has 114 valence electrons. The number of carbonyl (C=O) groups is 1. The highest BCUT2D eigenvalue weighted by Gasteiger charge is 2.16. The molecule has 0 spiro atoms. The van der Waals surface area contributed by atoms with E-state index in [1.807, 2.05) is 35.0 Å². The largest absolute Gasteiger partial charge is 0.361 e. The Morgan fingerprint density at radius 2 is 2.18 bits per heavy atom. The quantitative estimate of drug-likeness (QED) is 0.805. The molecule has 6 heteroatoms. The molecule has 0 aliphatic carbocycles. The van der Waals surface area contributed by atoms with Crippen LogP contribution in [0.2, 0.25) is 0 Å². The third-order valence-corrected chi connectivity index (χ3v) is 3.73. The lowest BCUT2D eigenvalue weighted by Gasteiger charge is -2.18. The molecular formula is C16H19N5O. The van der Waals surface area contributed by atoms with E-state index in [1.54, 1.807) is 18.3 Å². The van der Waals surface area contributed by atoms with Crippen LogP contribution in [0.3, 0.4) is 0 Å². The van der Waals surface area contributed by atoms with Crippen LogP contribution in [-0.4, -0.2) is 37.6 Å². The topological polar surface area (TPSA) is 66.8 Å². The highest BCUT2D eigenvalue weighted by molar-refractivity contribution is 5.97. The molecule has 2 heterocycles. The normalized spacial score (nSPS) is 11.3. The fourth-order valence-corrected chi connectivity index (χ4v) is 2.50. The summed E-state index contributed by atoms with van der Waals surface area (Å²) in [5.74, 6) is 0.751. The van der Waals surface area contributed by atoms with E-state index in [2.05, 4.69) is 29.0 Å². The Bertz CT molecular complexity index is 802. The number of nitrogens with one attached hydrogen (secondary N) is 1. The second-order valence-electron chi connectivity index (χ2n) is 5.69. The first kappa shape index (κ1) is 14.3. The van der Waals surface area contributed by atoms with Gasteiger partial charge in [-0.1, -0.05) is 6.07 Å². The minimum Gasteiger partial charge on any atom is -0.361 e. The van der Waals surface area contributed by atoms with Crippen LogP contribution in [0.25, 0.3) is 10.9 Å². The van der Waals surface area contributed by atoms with Crippen LogP contribution in [0.1, 0.15) is 36.1 Å². The molecule has 0 saturated carbocycles. The van der Waals surface area contributed by atoms with Crippen LogP contribution in [0, 0.1) is 0 Å². The molecule has 2 aromatic heterocycles. The molecule has 0 bridgehead atoms. The molecular weight excluding hydrogens is 278 g/mol. The van der Waals surface area contributed by atoms with Gasteiger partial charge in [-0.15, -0.1) is 10.2 Å².